The minimum Gasteiger partial charge on any atom is -0.460 e. The normalized spacial score (nSPS) is 19.0. The summed E-state index contributed by atoms with van der Waals surface area (Å²) < 4.78 is 5.51. The number of aromatic nitrogens is 5. The minimum atomic E-state index is 0.270. The fourth-order valence-corrected chi connectivity index (χ4v) is 2.65. The van der Waals surface area contributed by atoms with Crippen molar-refractivity contribution in [1.82, 2.24) is 25.4 Å². The van der Waals surface area contributed by atoms with Crippen molar-refractivity contribution in [2.24, 2.45) is 0 Å². The molecule has 1 fully saturated rings. The molecule has 0 radical (unpaired) electrons. The van der Waals surface area contributed by atoms with Crippen LogP contribution < -0.4 is 10.6 Å². The Morgan fingerprint density at radius 2 is 2.40 bits per heavy atom. The molecule has 3 N–H and O–H groups in total. The molecule has 0 aliphatic carbocycles. The molecule has 102 valence electrons. The highest BCUT2D eigenvalue weighted by molar-refractivity contribution is 5.86. The van der Waals surface area contributed by atoms with Gasteiger partial charge in [0.15, 0.2) is 11.4 Å². The largest absolute Gasteiger partial charge is 0.460 e. The number of hydrogen-bond donors (Lipinski definition) is 2. The van der Waals surface area contributed by atoms with Crippen molar-refractivity contribution in [3.05, 3.63) is 24.4 Å². The van der Waals surface area contributed by atoms with Crippen molar-refractivity contribution < 1.29 is 4.42 Å². The molecule has 3 aromatic rings. The van der Waals surface area contributed by atoms with E-state index in [1.54, 1.807) is 12.5 Å². The molecule has 0 bridgehead atoms. The number of nitrogen functional groups attached to an aromatic ring is 1. The molecule has 20 heavy (non-hydrogen) atoms. The van der Waals surface area contributed by atoms with Crippen molar-refractivity contribution in [3.8, 4) is 0 Å². The van der Waals surface area contributed by atoms with Gasteiger partial charge in [-0.3, -0.25) is 5.10 Å². The predicted octanol–water partition coefficient (Wildman–Crippen LogP) is 0.917. The number of H-pyrrole nitrogens is 1. The maximum absolute atomic E-state index is 5.55. The zero-order chi connectivity index (χ0) is 13.5. The number of aromatic amines is 1. The van der Waals surface area contributed by atoms with Gasteiger partial charge in [-0.2, -0.15) is 10.1 Å². The van der Waals surface area contributed by atoms with Gasteiger partial charge in [-0.15, -0.1) is 10.2 Å². The van der Waals surface area contributed by atoms with E-state index in [4.69, 9.17) is 10.2 Å². The number of hydrogen-bond acceptors (Lipinski definition) is 7. The first-order valence-corrected chi connectivity index (χ1v) is 6.43. The van der Waals surface area contributed by atoms with E-state index in [-0.39, 0.29) is 11.9 Å². The molecular weight excluding hydrogens is 258 g/mol. The van der Waals surface area contributed by atoms with Crippen LogP contribution in [0.3, 0.4) is 0 Å². The molecule has 0 saturated carbocycles. The molecule has 1 atom stereocenters. The Morgan fingerprint density at radius 1 is 1.45 bits per heavy atom. The molecular formula is C12H13N7O. The van der Waals surface area contributed by atoms with Crippen molar-refractivity contribution in [1.29, 1.82) is 0 Å². The number of anilines is 2. The molecule has 1 saturated heterocycles. The molecule has 0 amide bonds. The second-order valence-electron chi connectivity index (χ2n) is 4.88. The van der Waals surface area contributed by atoms with Crippen LogP contribution in [0, 0.1) is 0 Å². The van der Waals surface area contributed by atoms with Gasteiger partial charge in [-0.05, 0) is 12.5 Å². The molecule has 3 aromatic heterocycles. The molecule has 1 unspecified atom stereocenters. The van der Waals surface area contributed by atoms with Gasteiger partial charge in [0.1, 0.15) is 5.82 Å². The van der Waals surface area contributed by atoms with Gasteiger partial charge >= 0.3 is 0 Å². The van der Waals surface area contributed by atoms with E-state index in [1.165, 1.54) is 0 Å². The molecule has 0 spiro atoms. The van der Waals surface area contributed by atoms with Gasteiger partial charge in [0.25, 0.3) is 0 Å². The molecule has 8 heteroatoms. The average molecular weight is 271 g/mol. The first-order chi connectivity index (χ1) is 9.81. The lowest BCUT2D eigenvalue weighted by Crippen LogP contribution is -2.21. The molecule has 8 nitrogen and oxygen atoms in total. The monoisotopic (exact) mass is 271 g/mol. The lowest BCUT2D eigenvalue weighted by atomic mass is 10.1. The van der Waals surface area contributed by atoms with E-state index in [9.17, 15) is 0 Å². The Morgan fingerprint density at radius 3 is 3.25 bits per heavy atom. The second-order valence-corrected chi connectivity index (χ2v) is 4.88. The third-order valence-electron chi connectivity index (χ3n) is 3.64. The Bertz CT molecular complexity index is 749. The third kappa shape index (κ3) is 1.68. The first kappa shape index (κ1) is 11.2. The maximum atomic E-state index is 5.55. The number of nitrogens with one attached hydrogen (secondary N) is 1. The molecule has 4 rings (SSSR count). The number of furan rings is 1. The predicted molar refractivity (Wildman–Crippen MR) is 72.2 cm³/mol. The van der Waals surface area contributed by atoms with Gasteiger partial charge in [-0.1, -0.05) is 0 Å². The Hall–Kier alpha value is -2.64. The summed E-state index contributed by atoms with van der Waals surface area (Å²) in [5.41, 5.74) is 6.32. The van der Waals surface area contributed by atoms with E-state index < -0.39 is 0 Å². The van der Waals surface area contributed by atoms with E-state index in [1.807, 2.05) is 6.07 Å². The standard InChI is InChI=1S/C12H13N7O/c13-12-15-10(16-18-12)8-1-3-19(6-8)11-9-7(2-4-20-9)5-14-17-11/h2,4-5,8H,1,3,6H2,(H3,13,15,16,18). The summed E-state index contributed by atoms with van der Waals surface area (Å²) in [5, 5.41) is 15.9. The highest BCUT2D eigenvalue weighted by atomic mass is 16.3. The Labute approximate surface area is 114 Å². The summed E-state index contributed by atoms with van der Waals surface area (Å²) >= 11 is 0. The van der Waals surface area contributed by atoms with E-state index in [2.05, 4.69) is 30.3 Å². The fourth-order valence-electron chi connectivity index (χ4n) is 2.65. The van der Waals surface area contributed by atoms with Crippen LogP contribution in [0.25, 0.3) is 11.0 Å². The van der Waals surface area contributed by atoms with Crippen LogP contribution in [0.5, 0.6) is 0 Å². The summed E-state index contributed by atoms with van der Waals surface area (Å²) in [5.74, 6) is 2.16. The second kappa shape index (κ2) is 4.19. The quantitative estimate of drug-likeness (QED) is 0.713. The van der Waals surface area contributed by atoms with E-state index >= 15 is 0 Å². The van der Waals surface area contributed by atoms with Crippen LogP contribution in [-0.2, 0) is 0 Å². The maximum Gasteiger partial charge on any atom is 0.239 e. The molecule has 1 aliphatic heterocycles. The molecule has 4 heterocycles. The van der Waals surface area contributed by atoms with Gasteiger partial charge in [0.2, 0.25) is 5.95 Å². The van der Waals surface area contributed by atoms with E-state index in [0.717, 1.165) is 42.1 Å². The van der Waals surface area contributed by atoms with Crippen LogP contribution in [-0.4, -0.2) is 38.5 Å². The van der Waals surface area contributed by atoms with Crippen molar-refractivity contribution in [2.45, 2.75) is 12.3 Å². The van der Waals surface area contributed by atoms with Crippen molar-refractivity contribution in [3.63, 3.8) is 0 Å². The molecule has 0 aromatic carbocycles. The smallest absolute Gasteiger partial charge is 0.239 e. The van der Waals surface area contributed by atoms with Crippen LogP contribution in [0.1, 0.15) is 18.2 Å². The van der Waals surface area contributed by atoms with Crippen molar-refractivity contribution in [2.75, 3.05) is 23.7 Å². The topological polar surface area (TPSA) is 110 Å². The Kier molecular flexibility index (Phi) is 2.35. The van der Waals surface area contributed by atoms with E-state index in [0.29, 0.717) is 0 Å². The number of fused-ring (bicyclic) bond motifs is 1. The highest BCUT2D eigenvalue weighted by Gasteiger charge is 2.29. The van der Waals surface area contributed by atoms with Gasteiger partial charge in [0.05, 0.1) is 12.5 Å². The first-order valence-electron chi connectivity index (χ1n) is 6.43. The van der Waals surface area contributed by atoms with Crippen LogP contribution in [0.15, 0.2) is 22.9 Å². The summed E-state index contributed by atoms with van der Waals surface area (Å²) in [7, 11) is 0. The molecule has 1 aliphatic rings. The Balaban J connectivity index is 1.63. The van der Waals surface area contributed by atoms with Gasteiger partial charge < -0.3 is 15.1 Å². The van der Waals surface area contributed by atoms with Crippen LogP contribution >= 0.6 is 0 Å². The minimum absolute atomic E-state index is 0.270. The SMILES string of the molecule is Nc1n[nH]c(C2CCN(c3nncc4ccoc34)C2)n1. The summed E-state index contributed by atoms with van der Waals surface area (Å²) in [6.07, 6.45) is 4.32. The summed E-state index contributed by atoms with van der Waals surface area (Å²) in [4.78, 5) is 6.35. The number of nitrogens with zero attached hydrogens (tertiary/aromatic N) is 5. The summed E-state index contributed by atoms with van der Waals surface area (Å²) in [6.45, 7) is 1.67. The van der Waals surface area contributed by atoms with Crippen LogP contribution in [0.4, 0.5) is 11.8 Å². The number of nitrogens with two attached hydrogens (primary N) is 1. The summed E-state index contributed by atoms with van der Waals surface area (Å²) in [6, 6.07) is 1.89. The van der Waals surface area contributed by atoms with Crippen LogP contribution in [0.2, 0.25) is 0 Å². The zero-order valence-electron chi connectivity index (χ0n) is 10.7. The number of rotatable bonds is 2. The fraction of sp³-hybridized carbons (Fsp3) is 0.333. The average Bonchev–Trinajstić information content (AvgIpc) is 3.17. The lowest BCUT2D eigenvalue weighted by Gasteiger charge is -2.16. The lowest BCUT2D eigenvalue weighted by molar-refractivity contribution is 0.611. The van der Waals surface area contributed by atoms with Gasteiger partial charge in [0, 0.05) is 24.4 Å². The zero-order valence-corrected chi connectivity index (χ0v) is 10.7. The highest BCUT2D eigenvalue weighted by Crippen LogP contribution is 2.31. The third-order valence-corrected chi connectivity index (χ3v) is 3.64. The van der Waals surface area contributed by atoms with Gasteiger partial charge in [-0.25, -0.2) is 0 Å². The van der Waals surface area contributed by atoms with Crippen molar-refractivity contribution >= 4 is 22.7 Å².